The van der Waals surface area contributed by atoms with E-state index in [1.54, 1.807) is 12.1 Å². The van der Waals surface area contributed by atoms with Gasteiger partial charge in [-0.3, -0.25) is 4.79 Å². The largest absolute Gasteiger partial charge is 0.306 e. The predicted molar refractivity (Wildman–Crippen MR) is 124 cm³/mol. The van der Waals surface area contributed by atoms with Gasteiger partial charge in [0.25, 0.3) is 0 Å². The van der Waals surface area contributed by atoms with Gasteiger partial charge in [-0.1, -0.05) is 80.6 Å². The number of nitrogens with one attached hydrogen (secondary N) is 1. The average Bonchev–Trinajstić information content (AvgIpc) is 2.74. The Bertz CT molecular complexity index is 1160. The molecule has 0 fully saturated rings. The zero-order valence-electron chi connectivity index (χ0n) is 17.8. The minimum atomic E-state index is -3.96. The van der Waals surface area contributed by atoms with E-state index in [2.05, 4.69) is 25.2 Å². The van der Waals surface area contributed by atoms with Gasteiger partial charge in [-0.05, 0) is 40.7 Å². The molecule has 0 amide bonds. The molecule has 3 N–H and O–H groups in total. The lowest BCUT2D eigenvalue weighted by atomic mass is 9.97. The van der Waals surface area contributed by atoms with Crippen LogP contribution in [0.3, 0.4) is 0 Å². The Balaban J connectivity index is 1.74. The lowest BCUT2D eigenvalue weighted by molar-refractivity contribution is 0.0990. The van der Waals surface area contributed by atoms with Crippen molar-refractivity contribution in [3.8, 4) is 0 Å². The van der Waals surface area contributed by atoms with Crippen LogP contribution in [-0.4, -0.2) is 20.7 Å². The summed E-state index contributed by atoms with van der Waals surface area (Å²) in [6, 6.07) is 22.4. The maximum Gasteiger partial charge on any atom is 0.238 e. The normalized spacial score (nSPS) is 11.6. The van der Waals surface area contributed by atoms with Crippen molar-refractivity contribution < 1.29 is 13.2 Å². The van der Waals surface area contributed by atoms with E-state index in [0.717, 1.165) is 11.1 Å². The Labute approximate surface area is 184 Å². The molecule has 0 saturated heterocycles. The second kappa shape index (κ2) is 10.0. The summed E-state index contributed by atoms with van der Waals surface area (Å²) in [5.74, 6) is 0.210. The first-order valence-corrected chi connectivity index (χ1v) is 11.8. The summed E-state index contributed by atoms with van der Waals surface area (Å²) in [6.45, 7) is 4.94. The summed E-state index contributed by atoms with van der Waals surface area (Å²) in [7, 11) is -3.96. The number of rotatable bonds is 9. The van der Waals surface area contributed by atoms with Crippen molar-refractivity contribution in [3.63, 3.8) is 0 Å². The van der Waals surface area contributed by atoms with Crippen LogP contribution in [0.1, 0.15) is 52.4 Å². The highest BCUT2D eigenvalue weighted by Crippen LogP contribution is 2.21. The molecule has 0 atom stereocenters. The van der Waals surface area contributed by atoms with Gasteiger partial charge in [-0.25, -0.2) is 13.6 Å². The predicted octanol–water partition coefficient (Wildman–Crippen LogP) is 4.02. The summed E-state index contributed by atoms with van der Waals surface area (Å²) in [4.78, 5) is 12.7. The van der Waals surface area contributed by atoms with Crippen molar-refractivity contribution >= 4 is 15.8 Å². The SMILES string of the molecule is CC(C)c1ccccc1CNCC(=O)c1ccc(Cc2ccccc2)c(S(N)(=O)=O)c1. The molecule has 0 heterocycles. The van der Waals surface area contributed by atoms with Gasteiger partial charge in [0.2, 0.25) is 10.0 Å². The zero-order valence-corrected chi connectivity index (χ0v) is 18.7. The van der Waals surface area contributed by atoms with Gasteiger partial charge in [0.05, 0.1) is 11.4 Å². The Kier molecular flexibility index (Phi) is 7.38. The second-order valence-electron chi connectivity index (χ2n) is 7.91. The average molecular weight is 437 g/mol. The van der Waals surface area contributed by atoms with Crippen molar-refractivity contribution in [1.82, 2.24) is 5.32 Å². The van der Waals surface area contributed by atoms with E-state index in [4.69, 9.17) is 5.14 Å². The Morgan fingerprint density at radius 2 is 1.61 bits per heavy atom. The molecular weight excluding hydrogens is 408 g/mol. The summed E-state index contributed by atoms with van der Waals surface area (Å²) < 4.78 is 24.3. The van der Waals surface area contributed by atoms with Crippen molar-refractivity contribution in [3.05, 3.63) is 101 Å². The van der Waals surface area contributed by atoms with E-state index < -0.39 is 10.0 Å². The zero-order chi connectivity index (χ0) is 22.4. The molecule has 31 heavy (non-hydrogen) atoms. The van der Waals surface area contributed by atoms with Gasteiger partial charge in [0.15, 0.2) is 5.78 Å². The Morgan fingerprint density at radius 3 is 2.29 bits per heavy atom. The van der Waals surface area contributed by atoms with E-state index in [1.807, 2.05) is 48.5 Å². The third-order valence-electron chi connectivity index (χ3n) is 5.21. The molecule has 0 radical (unpaired) electrons. The lowest BCUT2D eigenvalue weighted by Crippen LogP contribution is -2.24. The minimum absolute atomic E-state index is 0.00708. The van der Waals surface area contributed by atoms with Gasteiger partial charge >= 0.3 is 0 Å². The number of carbonyl (C=O) groups excluding carboxylic acids is 1. The first-order valence-electron chi connectivity index (χ1n) is 10.3. The van der Waals surface area contributed by atoms with Gasteiger partial charge < -0.3 is 5.32 Å². The first kappa shape index (κ1) is 22.9. The number of Topliss-reactive ketones (excluding diaryl/α,β-unsaturated/α-hetero) is 1. The monoisotopic (exact) mass is 436 g/mol. The molecular formula is C25H28N2O3S. The molecule has 5 nitrogen and oxygen atoms in total. The number of hydrogen-bond donors (Lipinski definition) is 2. The molecule has 0 aliphatic carbocycles. The quantitative estimate of drug-likeness (QED) is 0.496. The fourth-order valence-corrected chi connectivity index (χ4v) is 4.42. The van der Waals surface area contributed by atoms with Crippen molar-refractivity contribution in [2.75, 3.05) is 6.54 Å². The molecule has 0 bridgehead atoms. The molecule has 0 aromatic heterocycles. The van der Waals surface area contributed by atoms with Gasteiger partial charge in [-0.15, -0.1) is 0 Å². The third-order valence-corrected chi connectivity index (χ3v) is 6.20. The number of ketones is 1. The van der Waals surface area contributed by atoms with Gasteiger partial charge in [0, 0.05) is 12.1 Å². The fraction of sp³-hybridized carbons (Fsp3) is 0.240. The molecule has 3 aromatic rings. The van der Waals surface area contributed by atoms with E-state index in [9.17, 15) is 13.2 Å². The van der Waals surface area contributed by atoms with Crippen LogP contribution >= 0.6 is 0 Å². The van der Waals surface area contributed by atoms with Gasteiger partial charge in [0.1, 0.15) is 0 Å². The molecule has 0 spiro atoms. The number of benzene rings is 3. The number of carbonyl (C=O) groups is 1. The molecule has 0 aliphatic rings. The minimum Gasteiger partial charge on any atom is -0.306 e. The fourth-order valence-electron chi connectivity index (χ4n) is 3.63. The molecule has 3 rings (SSSR count). The molecule has 0 aliphatic heterocycles. The van der Waals surface area contributed by atoms with Crippen molar-refractivity contribution in [2.24, 2.45) is 5.14 Å². The van der Waals surface area contributed by atoms with E-state index in [0.29, 0.717) is 30.0 Å². The number of nitrogens with two attached hydrogens (primary N) is 1. The molecule has 162 valence electrons. The maximum atomic E-state index is 12.7. The van der Waals surface area contributed by atoms with Crippen molar-refractivity contribution in [1.29, 1.82) is 0 Å². The topological polar surface area (TPSA) is 89.3 Å². The van der Waals surface area contributed by atoms with Gasteiger partial charge in [-0.2, -0.15) is 0 Å². The molecule has 0 saturated carbocycles. The second-order valence-corrected chi connectivity index (χ2v) is 9.44. The van der Waals surface area contributed by atoms with Crippen LogP contribution in [0.5, 0.6) is 0 Å². The molecule has 6 heteroatoms. The maximum absolute atomic E-state index is 12.7. The molecule has 3 aromatic carbocycles. The summed E-state index contributed by atoms with van der Waals surface area (Å²) >= 11 is 0. The highest BCUT2D eigenvalue weighted by atomic mass is 32.2. The van der Waals surface area contributed by atoms with E-state index in [1.165, 1.54) is 11.6 Å². The van der Waals surface area contributed by atoms with E-state index in [-0.39, 0.29) is 17.2 Å². The van der Waals surface area contributed by atoms with Crippen molar-refractivity contribution in [2.45, 2.75) is 37.6 Å². The highest BCUT2D eigenvalue weighted by molar-refractivity contribution is 7.89. The number of hydrogen-bond acceptors (Lipinski definition) is 4. The van der Waals surface area contributed by atoms with Crippen LogP contribution in [0.15, 0.2) is 77.7 Å². The standard InChI is InChI=1S/C25H28N2O3S/c1-18(2)23-11-7-6-10-22(23)16-27-17-24(28)20-12-13-21(25(15-20)31(26,29)30)14-19-8-4-3-5-9-19/h3-13,15,18,27H,14,16-17H2,1-2H3,(H2,26,29,30). The van der Waals surface area contributed by atoms with Crippen LogP contribution in [-0.2, 0) is 23.0 Å². The van der Waals surface area contributed by atoms with Crippen LogP contribution in [0.2, 0.25) is 0 Å². The van der Waals surface area contributed by atoms with Crippen LogP contribution in [0.4, 0.5) is 0 Å². The smallest absolute Gasteiger partial charge is 0.238 e. The Morgan fingerprint density at radius 1 is 0.935 bits per heavy atom. The number of sulfonamides is 1. The summed E-state index contributed by atoms with van der Waals surface area (Å²) in [5.41, 5.74) is 4.25. The van der Waals surface area contributed by atoms with Crippen LogP contribution in [0, 0.1) is 0 Å². The number of primary sulfonamides is 1. The lowest BCUT2D eigenvalue weighted by Gasteiger charge is -2.13. The Hall–Kier alpha value is -2.80. The van der Waals surface area contributed by atoms with E-state index >= 15 is 0 Å². The summed E-state index contributed by atoms with van der Waals surface area (Å²) in [6.07, 6.45) is 0.422. The van der Waals surface area contributed by atoms with Crippen LogP contribution < -0.4 is 10.5 Å². The summed E-state index contributed by atoms with van der Waals surface area (Å²) in [5, 5.41) is 8.62. The molecule has 0 unspecified atom stereocenters. The third kappa shape index (κ3) is 6.10. The first-order chi connectivity index (χ1) is 14.8. The highest BCUT2D eigenvalue weighted by Gasteiger charge is 2.18. The van der Waals surface area contributed by atoms with Crippen LogP contribution in [0.25, 0.3) is 0 Å².